The standard InChI is InChI=1S/C23H31N3O3S/c1-2-3-8-19-9-11-21(12-10-19)25-30(28,29)22-15-13-20(14-16-22)24-23(27)26-17-6-4-5-7-18-26/h9-16,25H,2-8,17-18H2,1H3,(H,24,27). The van der Waals surface area contributed by atoms with Crippen LogP contribution in [0, 0.1) is 0 Å². The van der Waals surface area contributed by atoms with Crippen LogP contribution in [-0.2, 0) is 16.4 Å². The summed E-state index contributed by atoms with van der Waals surface area (Å²) in [6.45, 7) is 3.67. The van der Waals surface area contributed by atoms with Crippen LogP contribution in [0.15, 0.2) is 53.4 Å². The maximum absolute atomic E-state index is 12.7. The molecular weight excluding hydrogens is 398 g/mol. The smallest absolute Gasteiger partial charge is 0.321 e. The van der Waals surface area contributed by atoms with E-state index in [1.165, 1.54) is 17.7 Å². The molecule has 2 aromatic rings. The molecule has 1 fully saturated rings. The molecule has 162 valence electrons. The molecule has 30 heavy (non-hydrogen) atoms. The Balaban J connectivity index is 1.60. The number of unbranched alkanes of at least 4 members (excludes halogenated alkanes) is 1. The lowest BCUT2D eigenvalue weighted by Crippen LogP contribution is -2.35. The van der Waals surface area contributed by atoms with Crippen molar-refractivity contribution in [1.29, 1.82) is 0 Å². The Morgan fingerprint density at radius 1 is 0.900 bits per heavy atom. The van der Waals surface area contributed by atoms with Crippen molar-refractivity contribution >= 4 is 27.4 Å². The molecule has 1 aliphatic rings. The van der Waals surface area contributed by atoms with Crippen LogP contribution in [0.2, 0.25) is 0 Å². The lowest BCUT2D eigenvalue weighted by molar-refractivity contribution is 0.214. The van der Waals surface area contributed by atoms with Crippen molar-refractivity contribution in [2.45, 2.75) is 56.8 Å². The minimum Gasteiger partial charge on any atom is -0.325 e. The van der Waals surface area contributed by atoms with Gasteiger partial charge in [0.2, 0.25) is 0 Å². The van der Waals surface area contributed by atoms with Crippen LogP contribution < -0.4 is 10.0 Å². The van der Waals surface area contributed by atoms with E-state index in [1.54, 1.807) is 24.3 Å². The molecule has 0 aliphatic carbocycles. The molecule has 2 amide bonds. The molecule has 3 rings (SSSR count). The largest absolute Gasteiger partial charge is 0.325 e. The second kappa shape index (κ2) is 10.5. The molecule has 2 aromatic carbocycles. The zero-order valence-electron chi connectivity index (χ0n) is 17.6. The molecular formula is C23H31N3O3S. The van der Waals surface area contributed by atoms with Gasteiger partial charge < -0.3 is 10.2 Å². The number of aryl methyl sites for hydroxylation is 1. The number of sulfonamides is 1. The van der Waals surface area contributed by atoms with E-state index in [4.69, 9.17) is 0 Å². The molecule has 1 heterocycles. The van der Waals surface area contributed by atoms with Gasteiger partial charge >= 0.3 is 6.03 Å². The first-order valence-electron chi connectivity index (χ1n) is 10.8. The van der Waals surface area contributed by atoms with Crippen molar-refractivity contribution in [3.63, 3.8) is 0 Å². The van der Waals surface area contributed by atoms with E-state index in [9.17, 15) is 13.2 Å². The van der Waals surface area contributed by atoms with Crippen LogP contribution in [0.4, 0.5) is 16.2 Å². The summed E-state index contributed by atoms with van der Waals surface area (Å²) in [4.78, 5) is 14.4. The molecule has 0 atom stereocenters. The molecule has 0 unspecified atom stereocenters. The van der Waals surface area contributed by atoms with Gasteiger partial charge in [-0.05, 0) is 67.6 Å². The molecule has 0 saturated carbocycles. The number of carbonyl (C=O) groups is 1. The summed E-state index contributed by atoms with van der Waals surface area (Å²) in [6, 6.07) is 13.6. The second-order valence-corrected chi connectivity index (χ2v) is 9.44. The van der Waals surface area contributed by atoms with Crippen molar-refractivity contribution in [1.82, 2.24) is 4.90 Å². The van der Waals surface area contributed by atoms with Crippen LogP contribution in [0.5, 0.6) is 0 Å². The van der Waals surface area contributed by atoms with Gasteiger partial charge in [0.15, 0.2) is 0 Å². The summed E-state index contributed by atoms with van der Waals surface area (Å²) in [6.07, 6.45) is 7.60. The third-order valence-electron chi connectivity index (χ3n) is 5.33. The molecule has 7 heteroatoms. The molecule has 0 bridgehead atoms. The fraction of sp³-hybridized carbons (Fsp3) is 0.435. The van der Waals surface area contributed by atoms with E-state index >= 15 is 0 Å². The van der Waals surface area contributed by atoms with Crippen LogP contribution in [-0.4, -0.2) is 32.4 Å². The van der Waals surface area contributed by atoms with Gasteiger partial charge in [-0.15, -0.1) is 0 Å². The first-order valence-corrected chi connectivity index (χ1v) is 12.2. The fourth-order valence-electron chi connectivity index (χ4n) is 3.53. The van der Waals surface area contributed by atoms with Crippen LogP contribution in [0.3, 0.4) is 0 Å². The lowest BCUT2D eigenvalue weighted by Gasteiger charge is -2.20. The SMILES string of the molecule is CCCCc1ccc(NS(=O)(=O)c2ccc(NC(=O)N3CCCCCC3)cc2)cc1. The molecule has 0 aromatic heterocycles. The predicted octanol–water partition coefficient (Wildman–Crippen LogP) is 5.24. The van der Waals surface area contributed by atoms with Crippen molar-refractivity contribution in [2.75, 3.05) is 23.1 Å². The number of rotatable bonds is 7. The van der Waals surface area contributed by atoms with Crippen molar-refractivity contribution < 1.29 is 13.2 Å². The Labute approximate surface area is 179 Å². The average Bonchev–Trinajstić information content (AvgIpc) is 3.03. The molecule has 0 spiro atoms. The number of urea groups is 1. The number of likely N-dealkylation sites (tertiary alicyclic amines) is 1. The van der Waals surface area contributed by atoms with Crippen molar-refractivity contribution in [3.8, 4) is 0 Å². The number of hydrogen-bond acceptors (Lipinski definition) is 3. The van der Waals surface area contributed by atoms with Crippen molar-refractivity contribution in [3.05, 3.63) is 54.1 Å². The molecule has 2 N–H and O–H groups in total. The highest BCUT2D eigenvalue weighted by atomic mass is 32.2. The number of carbonyl (C=O) groups excluding carboxylic acids is 1. The van der Waals surface area contributed by atoms with Gasteiger partial charge in [-0.1, -0.05) is 38.3 Å². The van der Waals surface area contributed by atoms with Crippen LogP contribution in [0.1, 0.15) is 51.0 Å². The highest BCUT2D eigenvalue weighted by Crippen LogP contribution is 2.20. The summed E-state index contributed by atoms with van der Waals surface area (Å²) in [5, 5.41) is 2.86. The third kappa shape index (κ3) is 6.23. The average molecular weight is 430 g/mol. The zero-order valence-corrected chi connectivity index (χ0v) is 18.4. The van der Waals surface area contributed by atoms with Crippen LogP contribution >= 0.6 is 0 Å². The monoisotopic (exact) mass is 429 g/mol. The Hall–Kier alpha value is -2.54. The van der Waals surface area contributed by atoms with E-state index in [1.807, 2.05) is 17.0 Å². The predicted molar refractivity (Wildman–Crippen MR) is 121 cm³/mol. The molecule has 6 nitrogen and oxygen atoms in total. The number of nitrogens with one attached hydrogen (secondary N) is 2. The molecule has 1 saturated heterocycles. The van der Waals surface area contributed by atoms with E-state index in [2.05, 4.69) is 17.0 Å². The minimum atomic E-state index is -3.69. The van der Waals surface area contributed by atoms with E-state index < -0.39 is 10.0 Å². The highest BCUT2D eigenvalue weighted by Gasteiger charge is 2.17. The Bertz CT molecular complexity index is 917. The number of benzene rings is 2. The van der Waals surface area contributed by atoms with Gasteiger partial charge in [0.1, 0.15) is 0 Å². The minimum absolute atomic E-state index is 0.131. The van der Waals surface area contributed by atoms with Gasteiger partial charge in [-0.3, -0.25) is 4.72 Å². The fourth-order valence-corrected chi connectivity index (χ4v) is 4.59. The lowest BCUT2D eigenvalue weighted by atomic mass is 10.1. The van der Waals surface area contributed by atoms with Gasteiger partial charge in [0, 0.05) is 24.5 Å². The Kier molecular flexibility index (Phi) is 7.74. The quantitative estimate of drug-likeness (QED) is 0.632. The Morgan fingerprint density at radius 3 is 2.10 bits per heavy atom. The summed E-state index contributed by atoms with van der Waals surface area (Å²) in [5.41, 5.74) is 2.32. The normalized spacial score (nSPS) is 14.8. The molecule has 1 aliphatic heterocycles. The summed E-state index contributed by atoms with van der Waals surface area (Å²) < 4.78 is 28.0. The van der Waals surface area contributed by atoms with Crippen LogP contribution in [0.25, 0.3) is 0 Å². The number of hydrogen-bond donors (Lipinski definition) is 2. The topological polar surface area (TPSA) is 78.5 Å². The highest BCUT2D eigenvalue weighted by molar-refractivity contribution is 7.92. The second-order valence-electron chi connectivity index (χ2n) is 7.76. The first kappa shape index (κ1) is 22.2. The van der Waals surface area contributed by atoms with E-state index in [0.717, 1.165) is 58.0 Å². The van der Waals surface area contributed by atoms with Gasteiger partial charge in [-0.25, -0.2) is 13.2 Å². The summed E-state index contributed by atoms with van der Waals surface area (Å²) in [7, 11) is -3.69. The van der Waals surface area contributed by atoms with E-state index in [0.29, 0.717) is 11.4 Å². The van der Waals surface area contributed by atoms with Gasteiger partial charge in [-0.2, -0.15) is 0 Å². The maximum atomic E-state index is 12.7. The molecule has 0 radical (unpaired) electrons. The summed E-state index contributed by atoms with van der Waals surface area (Å²) >= 11 is 0. The first-order chi connectivity index (χ1) is 14.5. The zero-order chi connectivity index (χ0) is 21.4. The Morgan fingerprint density at radius 2 is 1.50 bits per heavy atom. The third-order valence-corrected chi connectivity index (χ3v) is 6.73. The number of amides is 2. The summed E-state index contributed by atoms with van der Waals surface area (Å²) in [5.74, 6) is 0. The number of nitrogens with zero attached hydrogens (tertiary/aromatic N) is 1. The van der Waals surface area contributed by atoms with Gasteiger partial charge in [0.05, 0.1) is 4.90 Å². The maximum Gasteiger partial charge on any atom is 0.321 e. The van der Waals surface area contributed by atoms with E-state index in [-0.39, 0.29) is 10.9 Å². The van der Waals surface area contributed by atoms with Crippen molar-refractivity contribution in [2.24, 2.45) is 0 Å². The number of anilines is 2. The van der Waals surface area contributed by atoms with Gasteiger partial charge in [0.25, 0.3) is 10.0 Å².